The molecule has 1 saturated heterocycles. The maximum absolute atomic E-state index is 5.30. The molecule has 0 spiro atoms. The number of hydrogen-bond acceptors (Lipinski definition) is 4. The molecule has 1 atom stereocenters. The third-order valence-corrected chi connectivity index (χ3v) is 4.88. The van der Waals surface area contributed by atoms with Crippen molar-refractivity contribution >= 4 is 5.96 Å². The van der Waals surface area contributed by atoms with Crippen LogP contribution in [0.5, 0.6) is 0 Å². The highest BCUT2D eigenvalue weighted by Crippen LogP contribution is 2.18. The van der Waals surface area contributed by atoms with E-state index < -0.39 is 0 Å². The van der Waals surface area contributed by atoms with Gasteiger partial charge < -0.3 is 19.5 Å². The molecule has 0 radical (unpaired) electrons. The number of nitrogens with zero attached hydrogens (tertiary/aromatic N) is 5. The van der Waals surface area contributed by atoms with Gasteiger partial charge in [0.15, 0.2) is 11.8 Å². The summed E-state index contributed by atoms with van der Waals surface area (Å²) in [5, 5.41) is 12.2. The van der Waals surface area contributed by atoms with Crippen LogP contribution in [0.15, 0.2) is 4.99 Å². The first-order chi connectivity index (χ1) is 11.8. The summed E-state index contributed by atoms with van der Waals surface area (Å²) in [6, 6.07) is 0. The van der Waals surface area contributed by atoms with Gasteiger partial charge in [-0.1, -0.05) is 6.42 Å². The van der Waals surface area contributed by atoms with Crippen LogP contribution in [-0.2, 0) is 24.2 Å². The second kappa shape index (κ2) is 8.46. The molecule has 24 heavy (non-hydrogen) atoms. The van der Waals surface area contributed by atoms with Gasteiger partial charge in [-0.3, -0.25) is 0 Å². The van der Waals surface area contributed by atoms with Gasteiger partial charge in [0, 0.05) is 45.6 Å². The lowest BCUT2D eigenvalue weighted by atomic mass is 10.1. The van der Waals surface area contributed by atoms with Crippen molar-refractivity contribution in [1.29, 1.82) is 0 Å². The number of nitrogens with one attached hydrogen (secondary N) is 1. The number of aliphatic imine (C=N–C) groups is 1. The van der Waals surface area contributed by atoms with Crippen LogP contribution in [-0.4, -0.2) is 59.0 Å². The van der Waals surface area contributed by atoms with Gasteiger partial charge in [-0.05, 0) is 26.2 Å². The van der Waals surface area contributed by atoms with Gasteiger partial charge in [-0.15, -0.1) is 10.2 Å². The largest absolute Gasteiger partial charge is 0.384 e. The van der Waals surface area contributed by atoms with E-state index in [1.807, 2.05) is 0 Å². The molecule has 7 nitrogen and oxygen atoms in total. The number of rotatable bonds is 5. The Balaban J connectivity index is 1.67. The van der Waals surface area contributed by atoms with E-state index >= 15 is 0 Å². The van der Waals surface area contributed by atoms with Gasteiger partial charge in [0.05, 0.1) is 6.61 Å². The first-order valence-corrected chi connectivity index (χ1v) is 9.25. The Morgan fingerprint density at radius 1 is 1.29 bits per heavy atom. The number of likely N-dealkylation sites (tertiary alicyclic amines) is 1. The molecule has 1 unspecified atom stereocenters. The quantitative estimate of drug-likeness (QED) is 0.652. The molecule has 0 aromatic carbocycles. The highest BCUT2D eigenvalue weighted by molar-refractivity contribution is 5.80. The molecule has 1 aromatic rings. The van der Waals surface area contributed by atoms with Crippen molar-refractivity contribution < 1.29 is 4.74 Å². The number of fused-ring (bicyclic) bond motifs is 1. The fourth-order valence-electron chi connectivity index (χ4n) is 3.63. The van der Waals surface area contributed by atoms with Gasteiger partial charge in [-0.2, -0.15) is 0 Å². The maximum atomic E-state index is 5.30. The zero-order chi connectivity index (χ0) is 16.8. The number of guanidine groups is 1. The van der Waals surface area contributed by atoms with Crippen LogP contribution in [0.25, 0.3) is 0 Å². The molecule has 1 N–H and O–H groups in total. The number of aryl methyl sites for hydroxylation is 1. The van der Waals surface area contributed by atoms with Crippen LogP contribution in [0.3, 0.4) is 0 Å². The summed E-state index contributed by atoms with van der Waals surface area (Å²) in [6.07, 6.45) is 5.93. The summed E-state index contributed by atoms with van der Waals surface area (Å²) >= 11 is 0. The first-order valence-electron chi connectivity index (χ1n) is 9.25. The van der Waals surface area contributed by atoms with Gasteiger partial charge in [-0.25, -0.2) is 4.99 Å². The Morgan fingerprint density at radius 2 is 2.21 bits per heavy atom. The van der Waals surface area contributed by atoms with Crippen LogP contribution < -0.4 is 5.32 Å². The third-order valence-electron chi connectivity index (χ3n) is 4.88. The minimum absolute atomic E-state index is 0.598. The fourth-order valence-corrected chi connectivity index (χ4v) is 3.63. The number of methoxy groups -OCH3 is 1. The molecule has 7 heteroatoms. The summed E-state index contributed by atoms with van der Waals surface area (Å²) in [6.45, 7) is 7.50. The Morgan fingerprint density at radius 3 is 3.04 bits per heavy atom. The molecule has 1 fully saturated rings. The SMILES string of the molecule is CCNC(=NCc1nnc2n1CCCCC2)N1CCC(COC)C1. The highest BCUT2D eigenvalue weighted by atomic mass is 16.5. The minimum Gasteiger partial charge on any atom is -0.384 e. The molecule has 1 aromatic heterocycles. The van der Waals surface area contributed by atoms with Crippen molar-refractivity contribution in [2.24, 2.45) is 10.9 Å². The molecule has 0 amide bonds. The molecule has 0 aliphatic carbocycles. The second-order valence-electron chi connectivity index (χ2n) is 6.72. The van der Waals surface area contributed by atoms with Crippen LogP contribution in [0.1, 0.15) is 44.3 Å². The van der Waals surface area contributed by atoms with Crippen molar-refractivity contribution in [3.05, 3.63) is 11.6 Å². The lowest BCUT2D eigenvalue weighted by Gasteiger charge is -2.21. The van der Waals surface area contributed by atoms with Gasteiger partial charge in [0.1, 0.15) is 12.4 Å². The normalized spacial score (nSPS) is 21.7. The summed E-state index contributed by atoms with van der Waals surface area (Å²) in [7, 11) is 1.78. The fraction of sp³-hybridized carbons (Fsp3) is 0.824. The lowest BCUT2D eigenvalue weighted by Crippen LogP contribution is -2.40. The van der Waals surface area contributed by atoms with E-state index in [4.69, 9.17) is 9.73 Å². The van der Waals surface area contributed by atoms with E-state index in [9.17, 15) is 0 Å². The van der Waals surface area contributed by atoms with E-state index in [-0.39, 0.29) is 0 Å². The van der Waals surface area contributed by atoms with Crippen LogP contribution in [0.2, 0.25) is 0 Å². The van der Waals surface area contributed by atoms with Gasteiger partial charge in [0.2, 0.25) is 0 Å². The molecule has 3 rings (SSSR count). The molecule has 2 aliphatic rings. The molecular weight excluding hydrogens is 304 g/mol. The van der Waals surface area contributed by atoms with Crippen molar-refractivity contribution in [3.63, 3.8) is 0 Å². The number of hydrogen-bond donors (Lipinski definition) is 1. The zero-order valence-corrected chi connectivity index (χ0v) is 15.0. The van der Waals surface area contributed by atoms with E-state index in [1.165, 1.54) is 25.7 Å². The van der Waals surface area contributed by atoms with Crippen LogP contribution in [0.4, 0.5) is 0 Å². The van der Waals surface area contributed by atoms with E-state index in [0.717, 1.165) is 56.8 Å². The molecular formula is C17H30N6O. The highest BCUT2D eigenvalue weighted by Gasteiger charge is 2.25. The van der Waals surface area contributed by atoms with E-state index in [1.54, 1.807) is 7.11 Å². The minimum atomic E-state index is 0.598. The standard InChI is InChI=1S/C17H30N6O/c1-3-18-17(22-10-8-14(12-22)13-24-2)19-11-16-21-20-15-7-5-4-6-9-23(15)16/h14H,3-13H2,1-2H3,(H,18,19). The predicted molar refractivity (Wildman–Crippen MR) is 93.9 cm³/mol. The molecule has 0 bridgehead atoms. The van der Waals surface area contributed by atoms with Gasteiger partial charge >= 0.3 is 0 Å². The van der Waals surface area contributed by atoms with E-state index in [0.29, 0.717) is 12.5 Å². The molecule has 2 aliphatic heterocycles. The van der Waals surface area contributed by atoms with Crippen molar-refractivity contribution in [2.75, 3.05) is 33.4 Å². The monoisotopic (exact) mass is 334 g/mol. The Labute approximate surface area is 144 Å². The third kappa shape index (κ3) is 4.06. The van der Waals surface area contributed by atoms with Crippen LogP contribution in [0, 0.1) is 5.92 Å². The smallest absolute Gasteiger partial charge is 0.194 e. The van der Waals surface area contributed by atoms with Crippen molar-refractivity contribution in [1.82, 2.24) is 25.0 Å². The zero-order valence-electron chi connectivity index (χ0n) is 15.0. The summed E-state index contributed by atoms with van der Waals surface area (Å²) in [4.78, 5) is 7.18. The predicted octanol–water partition coefficient (Wildman–Crippen LogP) is 1.44. The topological polar surface area (TPSA) is 67.6 Å². The Bertz CT molecular complexity index is 555. The van der Waals surface area contributed by atoms with Crippen LogP contribution >= 0.6 is 0 Å². The average molecular weight is 334 g/mol. The Hall–Kier alpha value is -1.63. The van der Waals surface area contributed by atoms with Crippen molar-refractivity contribution in [3.8, 4) is 0 Å². The summed E-state index contributed by atoms with van der Waals surface area (Å²) < 4.78 is 7.57. The number of aromatic nitrogens is 3. The maximum Gasteiger partial charge on any atom is 0.194 e. The van der Waals surface area contributed by atoms with Crippen molar-refractivity contribution in [2.45, 2.75) is 52.1 Å². The first kappa shape index (κ1) is 17.2. The summed E-state index contributed by atoms with van der Waals surface area (Å²) in [5.41, 5.74) is 0. The second-order valence-corrected chi connectivity index (χ2v) is 6.72. The summed E-state index contributed by atoms with van der Waals surface area (Å²) in [5.74, 6) is 3.71. The average Bonchev–Trinajstić information content (AvgIpc) is 3.13. The molecule has 3 heterocycles. The lowest BCUT2D eigenvalue weighted by molar-refractivity contribution is 0.157. The van der Waals surface area contributed by atoms with E-state index in [2.05, 4.69) is 31.9 Å². The Kier molecular flexibility index (Phi) is 6.07. The molecule has 134 valence electrons. The number of ether oxygens (including phenoxy) is 1. The van der Waals surface area contributed by atoms with Gasteiger partial charge in [0.25, 0.3) is 0 Å². The molecule has 0 saturated carbocycles.